The van der Waals surface area contributed by atoms with Crippen LogP contribution in [-0.4, -0.2) is 8.42 Å². The zero-order chi connectivity index (χ0) is 14.8. The lowest BCUT2D eigenvalue weighted by atomic mass is 10.1. The van der Waals surface area contributed by atoms with E-state index in [0.717, 1.165) is 21.6 Å². The van der Waals surface area contributed by atoms with Crippen LogP contribution in [0.2, 0.25) is 0 Å². The molecule has 0 spiro atoms. The first-order valence-corrected chi connectivity index (χ1v) is 8.57. The molecule has 0 amide bonds. The highest BCUT2D eigenvalue weighted by atomic mass is 32.2. The predicted molar refractivity (Wildman–Crippen MR) is 82.2 cm³/mol. The van der Waals surface area contributed by atoms with Crippen LogP contribution in [0.25, 0.3) is 0 Å². The van der Waals surface area contributed by atoms with Gasteiger partial charge in [0.15, 0.2) is 0 Å². The smallest absolute Gasteiger partial charge is 0.250 e. The lowest BCUT2D eigenvalue weighted by molar-refractivity contribution is 0.583. The van der Waals surface area contributed by atoms with Crippen LogP contribution in [0.15, 0.2) is 34.5 Å². The maximum atomic E-state index is 12.3. The Bertz CT molecular complexity index is 706. The van der Waals surface area contributed by atoms with E-state index in [2.05, 4.69) is 4.72 Å². The van der Waals surface area contributed by atoms with Crippen molar-refractivity contribution in [3.8, 4) is 0 Å². The maximum Gasteiger partial charge on any atom is 0.250 e. The summed E-state index contributed by atoms with van der Waals surface area (Å²) in [5.74, 6) is 0. The van der Waals surface area contributed by atoms with Gasteiger partial charge in [-0.25, -0.2) is 13.1 Å². The standard InChI is InChI=1S/C14H18N2O2S2/c1-10-5-3-4-6-12(10)9-16-20(17,18)14-7-11(2)13(8-15)19-14/h3-7,16H,8-9,15H2,1-2H3. The Morgan fingerprint density at radius 3 is 2.50 bits per heavy atom. The molecule has 1 aromatic heterocycles. The molecular formula is C14H18N2O2S2. The predicted octanol–water partition coefficient (Wildman–Crippen LogP) is 2.30. The second kappa shape index (κ2) is 6.05. The fourth-order valence-electron chi connectivity index (χ4n) is 1.88. The molecule has 3 N–H and O–H groups in total. The monoisotopic (exact) mass is 310 g/mol. The number of hydrogen-bond donors (Lipinski definition) is 2. The lowest BCUT2D eigenvalue weighted by Crippen LogP contribution is -2.22. The summed E-state index contributed by atoms with van der Waals surface area (Å²) in [6.07, 6.45) is 0. The molecule has 4 nitrogen and oxygen atoms in total. The molecule has 0 fully saturated rings. The maximum absolute atomic E-state index is 12.3. The number of rotatable bonds is 5. The number of thiophene rings is 1. The molecule has 0 unspecified atom stereocenters. The minimum Gasteiger partial charge on any atom is -0.326 e. The van der Waals surface area contributed by atoms with Gasteiger partial charge >= 0.3 is 0 Å². The van der Waals surface area contributed by atoms with Crippen molar-refractivity contribution in [1.29, 1.82) is 0 Å². The normalized spacial score (nSPS) is 11.8. The Balaban J connectivity index is 2.17. The highest BCUT2D eigenvalue weighted by Gasteiger charge is 2.18. The zero-order valence-corrected chi connectivity index (χ0v) is 13.1. The molecule has 20 heavy (non-hydrogen) atoms. The van der Waals surface area contributed by atoms with Crippen molar-refractivity contribution in [1.82, 2.24) is 4.72 Å². The third kappa shape index (κ3) is 3.27. The highest BCUT2D eigenvalue weighted by Crippen LogP contribution is 2.25. The average molecular weight is 310 g/mol. The third-order valence-electron chi connectivity index (χ3n) is 3.16. The Hall–Kier alpha value is -1.21. The van der Waals surface area contributed by atoms with Crippen molar-refractivity contribution >= 4 is 21.4 Å². The molecule has 0 atom stereocenters. The molecule has 0 bridgehead atoms. The number of hydrogen-bond acceptors (Lipinski definition) is 4. The summed E-state index contributed by atoms with van der Waals surface area (Å²) in [5, 5.41) is 0. The van der Waals surface area contributed by atoms with E-state index in [1.165, 1.54) is 11.3 Å². The van der Waals surface area contributed by atoms with Gasteiger partial charge in [0.2, 0.25) is 10.0 Å². The first-order valence-electron chi connectivity index (χ1n) is 6.27. The van der Waals surface area contributed by atoms with E-state index < -0.39 is 10.0 Å². The number of nitrogens with two attached hydrogens (primary N) is 1. The third-order valence-corrected chi connectivity index (χ3v) is 6.30. The molecular weight excluding hydrogens is 292 g/mol. The van der Waals surface area contributed by atoms with Gasteiger partial charge in [-0.05, 0) is 36.6 Å². The number of aryl methyl sites for hydroxylation is 2. The van der Waals surface area contributed by atoms with Gasteiger partial charge in [0, 0.05) is 18.0 Å². The Labute approximate surface area is 123 Å². The second-order valence-electron chi connectivity index (χ2n) is 4.63. The molecule has 0 aliphatic rings. The number of benzene rings is 1. The van der Waals surface area contributed by atoms with Crippen LogP contribution in [0.3, 0.4) is 0 Å². The van der Waals surface area contributed by atoms with Gasteiger partial charge in [-0.3, -0.25) is 0 Å². The first kappa shape index (κ1) is 15.2. The summed E-state index contributed by atoms with van der Waals surface area (Å²) in [4.78, 5) is 0.904. The van der Waals surface area contributed by atoms with Crippen LogP contribution < -0.4 is 10.5 Å². The number of sulfonamides is 1. The molecule has 2 aromatic rings. The van der Waals surface area contributed by atoms with Crippen molar-refractivity contribution in [2.45, 2.75) is 31.1 Å². The lowest BCUT2D eigenvalue weighted by Gasteiger charge is -2.07. The zero-order valence-electron chi connectivity index (χ0n) is 11.5. The molecule has 6 heteroatoms. The van der Waals surface area contributed by atoms with Crippen LogP contribution in [-0.2, 0) is 23.1 Å². The van der Waals surface area contributed by atoms with Crippen molar-refractivity contribution in [2.75, 3.05) is 0 Å². The van der Waals surface area contributed by atoms with Gasteiger partial charge in [0.25, 0.3) is 0 Å². The Kier molecular flexibility index (Phi) is 4.59. The van der Waals surface area contributed by atoms with E-state index in [1.807, 2.05) is 38.1 Å². The van der Waals surface area contributed by atoms with Crippen LogP contribution >= 0.6 is 11.3 Å². The SMILES string of the molecule is Cc1ccccc1CNS(=O)(=O)c1cc(C)c(CN)s1. The van der Waals surface area contributed by atoms with Gasteiger partial charge in [-0.1, -0.05) is 24.3 Å². The Morgan fingerprint density at radius 2 is 1.90 bits per heavy atom. The van der Waals surface area contributed by atoms with Crippen molar-refractivity contribution in [3.05, 3.63) is 51.9 Å². The van der Waals surface area contributed by atoms with E-state index in [0.29, 0.717) is 17.3 Å². The summed E-state index contributed by atoms with van der Waals surface area (Å²) in [6.45, 7) is 4.50. The van der Waals surface area contributed by atoms with Gasteiger partial charge in [-0.2, -0.15) is 0 Å². The van der Waals surface area contributed by atoms with E-state index in [9.17, 15) is 8.42 Å². The van der Waals surface area contributed by atoms with Crippen LogP contribution in [0.1, 0.15) is 21.6 Å². The number of nitrogens with one attached hydrogen (secondary N) is 1. The first-order chi connectivity index (χ1) is 9.44. The minimum absolute atomic E-state index is 0.296. The molecule has 2 rings (SSSR count). The largest absolute Gasteiger partial charge is 0.326 e. The van der Waals surface area contributed by atoms with Gasteiger partial charge in [0.05, 0.1) is 0 Å². The van der Waals surface area contributed by atoms with Crippen LogP contribution in [0.4, 0.5) is 0 Å². The molecule has 1 heterocycles. The molecule has 108 valence electrons. The van der Waals surface area contributed by atoms with Crippen molar-refractivity contribution in [3.63, 3.8) is 0 Å². The molecule has 0 aliphatic heterocycles. The van der Waals surface area contributed by atoms with E-state index in [-0.39, 0.29) is 0 Å². The van der Waals surface area contributed by atoms with E-state index in [4.69, 9.17) is 5.73 Å². The van der Waals surface area contributed by atoms with E-state index in [1.54, 1.807) is 6.07 Å². The molecule has 0 saturated heterocycles. The second-order valence-corrected chi connectivity index (χ2v) is 7.76. The fourth-order valence-corrected chi connectivity index (χ4v) is 4.39. The van der Waals surface area contributed by atoms with Crippen LogP contribution in [0.5, 0.6) is 0 Å². The minimum atomic E-state index is -3.47. The average Bonchev–Trinajstić information content (AvgIpc) is 2.80. The quantitative estimate of drug-likeness (QED) is 0.890. The van der Waals surface area contributed by atoms with Crippen molar-refractivity contribution < 1.29 is 8.42 Å². The summed E-state index contributed by atoms with van der Waals surface area (Å²) < 4.78 is 27.5. The Morgan fingerprint density at radius 1 is 1.20 bits per heavy atom. The summed E-state index contributed by atoms with van der Waals surface area (Å²) in [5.41, 5.74) is 8.56. The van der Waals surface area contributed by atoms with Gasteiger partial charge < -0.3 is 5.73 Å². The summed E-state index contributed by atoms with van der Waals surface area (Å²) in [7, 11) is -3.47. The highest BCUT2D eigenvalue weighted by molar-refractivity contribution is 7.91. The van der Waals surface area contributed by atoms with Crippen LogP contribution in [0, 0.1) is 13.8 Å². The summed E-state index contributed by atoms with van der Waals surface area (Å²) in [6, 6.07) is 9.39. The molecule has 0 aliphatic carbocycles. The molecule has 0 radical (unpaired) electrons. The fraction of sp³-hybridized carbons (Fsp3) is 0.286. The molecule has 0 saturated carbocycles. The molecule has 1 aromatic carbocycles. The van der Waals surface area contributed by atoms with Crippen molar-refractivity contribution in [2.24, 2.45) is 5.73 Å². The summed E-state index contributed by atoms with van der Waals surface area (Å²) >= 11 is 1.23. The van der Waals surface area contributed by atoms with E-state index >= 15 is 0 Å². The van der Waals surface area contributed by atoms with Gasteiger partial charge in [0.1, 0.15) is 4.21 Å². The van der Waals surface area contributed by atoms with Gasteiger partial charge in [-0.15, -0.1) is 11.3 Å². The topological polar surface area (TPSA) is 72.2 Å².